The number of likely N-dealkylation sites (N-methyl/N-ethyl adjacent to an activating group) is 1. The topological polar surface area (TPSA) is 66.5 Å². The predicted molar refractivity (Wildman–Crippen MR) is 98.1 cm³/mol. The molecule has 1 unspecified atom stereocenters. The van der Waals surface area contributed by atoms with Gasteiger partial charge in [-0.1, -0.05) is 18.2 Å². The third-order valence-corrected chi connectivity index (χ3v) is 5.40. The molecule has 0 spiro atoms. The van der Waals surface area contributed by atoms with Gasteiger partial charge in [0.05, 0.1) is 11.8 Å². The third kappa shape index (κ3) is 5.43. The van der Waals surface area contributed by atoms with Crippen LogP contribution in [0.1, 0.15) is 26.8 Å². The van der Waals surface area contributed by atoms with Gasteiger partial charge in [0.1, 0.15) is 0 Å². The Morgan fingerprint density at radius 3 is 2.58 bits per heavy atom. The van der Waals surface area contributed by atoms with Crippen molar-refractivity contribution >= 4 is 27.1 Å². The number of amides is 1. The van der Waals surface area contributed by atoms with Crippen molar-refractivity contribution in [1.82, 2.24) is 10.2 Å². The van der Waals surface area contributed by atoms with Crippen LogP contribution in [-0.2, 0) is 15.6 Å². The molecule has 1 heterocycles. The first kappa shape index (κ1) is 18.6. The molecule has 1 N–H and O–H groups in total. The zero-order chi connectivity index (χ0) is 17.7. The first-order valence-corrected chi connectivity index (χ1v) is 10.4. The van der Waals surface area contributed by atoms with Crippen LogP contribution in [0.2, 0.25) is 0 Å². The molecule has 1 amide bonds. The third-order valence-electron chi connectivity index (χ3n) is 3.57. The second-order valence-electron chi connectivity index (χ2n) is 5.98. The summed E-state index contributed by atoms with van der Waals surface area (Å²) < 4.78 is 22.8. The molecule has 1 aromatic carbocycles. The average Bonchev–Trinajstić information content (AvgIpc) is 2.99. The Morgan fingerprint density at radius 2 is 2.00 bits per heavy atom. The van der Waals surface area contributed by atoms with E-state index in [9.17, 15) is 13.2 Å². The maximum absolute atomic E-state index is 12.4. The van der Waals surface area contributed by atoms with Crippen molar-refractivity contribution in [3.05, 3.63) is 57.8 Å². The molecule has 2 rings (SSSR count). The molecule has 0 bridgehead atoms. The van der Waals surface area contributed by atoms with Crippen LogP contribution in [0, 0.1) is 0 Å². The van der Waals surface area contributed by atoms with Gasteiger partial charge in [-0.3, -0.25) is 4.79 Å². The largest absolute Gasteiger partial charge is 0.350 e. The number of hydrogen-bond acceptors (Lipinski definition) is 5. The number of sulfone groups is 1. The van der Waals surface area contributed by atoms with Gasteiger partial charge in [-0.05, 0) is 43.2 Å². The lowest BCUT2D eigenvalue weighted by Crippen LogP contribution is -2.34. The first-order valence-electron chi connectivity index (χ1n) is 7.51. The van der Waals surface area contributed by atoms with E-state index in [0.717, 1.165) is 0 Å². The monoisotopic (exact) mass is 366 g/mol. The molecule has 1 atom stereocenters. The molecule has 0 aliphatic heterocycles. The highest BCUT2D eigenvalue weighted by Gasteiger charge is 2.17. The molecule has 5 nitrogen and oxygen atoms in total. The van der Waals surface area contributed by atoms with E-state index in [4.69, 9.17) is 0 Å². The zero-order valence-electron chi connectivity index (χ0n) is 14.0. The van der Waals surface area contributed by atoms with Crippen LogP contribution in [-0.4, -0.2) is 46.1 Å². The van der Waals surface area contributed by atoms with Crippen molar-refractivity contribution < 1.29 is 13.2 Å². The van der Waals surface area contributed by atoms with Crippen molar-refractivity contribution in [3.63, 3.8) is 0 Å². The summed E-state index contributed by atoms with van der Waals surface area (Å²) in [4.78, 5) is 15.6. The van der Waals surface area contributed by atoms with Crippen molar-refractivity contribution in [2.24, 2.45) is 0 Å². The summed E-state index contributed by atoms with van der Waals surface area (Å²) in [5, 5.41) is 4.95. The van der Waals surface area contributed by atoms with E-state index < -0.39 is 9.84 Å². The van der Waals surface area contributed by atoms with Gasteiger partial charge in [0.25, 0.3) is 5.91 Å². The lowest BCUT2D eigenvalue weighted by molar-refractivity contribution is 0.0942. The van der Waals surface area contributed by atoms with Crippen molar-refractivity contribution in [2.45, 2.75) is 11.8 Å². The standard InChI is InChI=1S/C17H22N2O3S2/c1-19(2)15(16-8-5-9-23-16)11-18-17(20)14-7-4-6-13(10-14)12-24(3,21)22/h4-10,15H,11-12H2,1-3H3,(H,18,20). The number of thiophene rings is 1. The number of carbonyl (C=O) groups is 1. The van der Waals surface area contributed by atoms with Gasteiger partial charge in [0.2, 0.25) is 0 Å². The summed E-state index contributed by atoms with van der Waals surface area (Å²) in [7, 11) is 0.828. The second kappa shape index (κ2) is 7.92. The SMILES string of the molecule is CN(C)C(CNC(=O)c1cccc(CS(C)(=O)=O)c1)c1cccs1. The summed E-state index contributed by atoms with van der Waals surface area (Å²) in [6.07, 6.45) is 1.18. The van der Waals surface area contributed by atoms with Gasteiger partial charge in [0, 0.05) is 23.2 Å². The lowest BCUT2D eigenvalue weighted by Gasteiger charge is -2.23. The fraction of sp³-hybridized carbons (Fsp3) is 0.353. The Bertz CT molecular complexity index is 784. The Labute approximate surface area is 147 Å². The quantitative estimate of drug-likeness (QED) is 0.817. The Morgan fingerprint density at radius 1 is 1.25 bits per heavy atom. The lowest BCUT2D eigenvalue weighted by atomic mass is 10.1. The number of rotatable bonds is 7. The molecule has 0 saturated carbocycles. The molecule has 0 aliphatic rings. The van der Waals surface area contributed by atoms with Crippen LogP contribution in [0.15, 0.2) is 41.8 Å². The molecule has 24 heavy (non-hydrogen) atoms. The molecule has 130 valence electrons. The number of nitrogens with one attached hydrogen (secondary N) is 1. The summed E-state index contributed by atoms with van der Waals surface area (Å²) >= 11 is 1.66. The molecule has 0 fully saturated rings. The number of hydrogen-bond donors (Lipinski definition) is 1. The fourth-order valence-corrected chi connectivity index (χ4v) is 4.12. The van der Waals surface area contributed by atoms with E-state index in [2.05, 4.69) is 10.2 Å². The summed E-state index contributed by atoms with van der Waals surface area (Å²) in [6.45, 7) is 0.489. The van der Waals surface area contributed by atoms with Gasteiger partial charge < -0.3 is 10.2 Å². The maximum atomic E-state index is 12.4. The van der Waals surface area contributed by atoms with Gasteiger partial charge in [-0.15, -0.1) is 11.3 Å². The normalized spacial score (nSPS) is 13.0. The molecule has 7 heteroatoms. The van der Waals surface area contributed by atoms with E-state index in [0.29, 0.717) is 17.7 Å². The van der Waals surface area contributed by atoms with E-state index >= 15 is 0 Å². The van der Waals surface area contributed by atoms with E-state index in [1.54, 1.807) is 35.6 Å². The van der Waals surface area contributed by atoms with Crippen LogP contribution in [0.3, 0.4) is 0 Å². The van der Waals surface area contributed by atoms with Gasteiger partial charge in [-0.25, -0.2) is 8.42 Å². The van der Waals surface area contributed by atoms with Gasteiger partial charge >= 0.3 is 0 Å². The van der Waals surface area contributed by atoms with Gasteiger partial charge in [-0.2, -0.15) is 0 Å². The van der Waals surface area contributed by atoms with Crippen LogP contribution in [0.4, 0.5) is 0 Å². The van der Waals surface area contributed by atoms with E-state index in [1.165, 1.54) is 11.1 Å². The zero-order valence-corrected chi connectivity index (χ0v) is 15.7. The number of nitrogens with zero attached hydrogens (tertiary/aromatic N) is 1. The molecule has 0 aliphatic carbocycles. The molecule has 1 aromatic heterocycles. The van der Waals surface area contributed by atoms with Crippen molar-refractivity contribution in [2.75, 3.05) is 26.9 Å². The van der Waals surface area contributed by atoms with Crippen LogP contribution < -0.4 is 5.32 Å². The Kier molecular flexibility index (Phi) is 6.15. The molecule has 0 saturated heterocycles. The smallest absolute Gasteiger partial charge is 0.251 e. The van der Waals surface area contributed by atoms with E-state index in [-0.39, 0.29) is 17.7 Å². The van der Waals surface area contributed by atoms with Crippen LogP contribution >= 0.6 is 11.3 Å². The minimum Gasteiger partial charge on any atom is -0.350 e. The minimum absolute atomic E-state index is 0.0658. The maximum Gasteiger partial charge on any atom is 0.251 e. The molecule has 2 aromatic rings. The van der Waals surface area contributed by atoms with Gasteiger partial charge in [0.15, 0.2) is 9.84 Å². The Balaban J connectivity index is 2.05. The summed E-state index contributed by atoms with van der Waals surface area (Å²) in [6, 6.07) is 10.9. The molecular formula is C17H22N2O3S2. The second-order valence-corrected chi connectivity index (χ2v) is 9.09. The van der Waals surface area contributed by atoms with Crippen LogP contribution in [0.25, 0.3) is 0 Å². The minimum atomic E-state index is -3.12. The van der Waals surface area contributed by atoms with Crippen molar-refractivity contribution in [1.29, 1.82) is 0 Å². The van der Waals surface area contributed by atoms with Crippen molar-refractivity contribution in [3.8, 4) is 0 Å². The molecule has 0 radical (unpaired) electrons. The molecular weight excluding hydrogens is 344 g/mol. The Hall–Kier alpha value is -1.70. The van der Waals surface area contributed by atoms with E-state index in [1.807, 2.05) is 31.6 Å². The fourth-order valence-electron chi connectivity index (χ4n) is 2.42. The first-order chi connectivity index (χ1) is 11.3. The predicted octanol–water partition coefficient (Wildman–Crippen LogP) is 2.33. The summed E-state index contributed by atoms with van der Waals surface area (Å²) in [5.74, 6) is -0.266. The summed E-state index contributed by atoms with van der Waals surface area (Å²) in [5.41, 5.74) is 1.09. The highest BCUT2D eigenvalue weighted by Crippen LogP contribution is 2.22. The highest BCUT2D eigenvalue weighted by molar-refractivity contribution is 7.89. The highest BCUT2D eigenvalue weighted by atomic mass is 32.2. The number of carbonyl (C=O) groups excluding carboxylic acids is 1. The number of benzene rings is 1. The van der Waals surface area contributed by atoms with Crippen LogP contribution in [0.5, 0.6) is 0 Å². The average molecular weight is 367 g/mol.